The summed E-state index contributed by atoms with van der Waals surface area (Å²) in [6.45, 7) is 0. The van der Waals surface area contributed by atoms with Crippen molar-refractivity contribution < 1.29 is 9.47 Å². The molecule has 1 aliphatic rings. The van der Waals surface area contributed by atoms with Crippen molar-refractivity contribution >= 4 is 23.2 Å². The molecule has 3 rings (SSSR count). The summed E-state index contributed by atoms with van der Waals surface area (Å²) in [6.07, 6.45) is 0. The zero-order valence-electron chi connectivity index (χ0n) is 8.04. The van der Waals surface area contributed by atoms with Crippen molar-refractivity contribution in [3.8, 4) is 23.0 Å². The van der Waals surface area contributed by atoms with Crippen molar-refractivity contribution in [2.75, 3.05) is 0 Å². The molecule has 0 saturated carbocycles. The zero-order valence-corrected chi connectivity index (χ0v) is 9.55. The van der Waals surface area contributed by atoms with E-state index in [1.807, 2.05) is 24.3 Å². The second-order valence-corrected chi connectivity index (χ2v) is 4.21. The number of benzene rings is 2. The van der Waals surface area contributed by atoms with Crippen LogP contribution in [0, 0.1) is 0 Å². The summed E-state index contributed by atoms with van der Waals surface area (Å²) in [6, 6.07) is 10.7. The van der Waals surface area contributed by atoms with Crippen molar-refractivity contribution in [1.29, 1.82) is 0 Å². The van der Waals surface area contributed by atoms with Gasteiger partial charge in [0.05, 0.1) is 5.02 Å². The SMILES string of the molecule is Clc1cc(Cl)c2c(c1)Oc1ccccc1O2. The molecule has 0 fully saturated rings. The number of hydrogen-bond acceptors (Lipinski definition) is 2. The van der Waals surface area contributed by atoms with Crippen LogP contribution in [0.5, 0.6) is 23.0 Å². The second kappa shape index (κ2) is 3.58. The van der Waals surface area contributed by atoms with Crippen molar-refractivity contribution in [1.82, 2.24) is 0 Å². The zero-order chi connectivity index (χ0) is 11.1. The molecule has 0 N–H and O–H groups in total. The summed E-state index contributed by atoms with van der Waals surface area (Å²) in [4.78, 5) is 0. The Hall–Kier alpha value is -1.38. The lowest BCUT2D eigenvalue weighted by molar-refractivity contribution is 0.360. The Kier molecular flexibility index (Phi) is 2.20. The number of fused-ring (bicyclic) bond motifs is 2. The molecule has 1 heterocycles. The monoisotopic (exact) mass is 252 g/mol. The molecular formula is C12H6Cl2O2. The summed E-state index contributed by atoms with van der Waals surface area (Å²) in [7, 11) is 0. The average Bonchev–Trinajstić information content (AvgIpc) is 2.27. The highest BCUT2D eigenvalue weighted by molar-refractivity contribution is 6.36. The fourth-order valence-corrected chi connectivity index (χ4v) is 2.07. The van der Waals surface area contributed by atoms with Gasteiger partial charge in [-0.25, -0.2) is 0 Å². The molecule has 80 valence electrons. The fourth-order valence-electron chi connectivity index (χ4n) is 1.56. The molecule has 4 heteroatoms. The van der Waals surface area contributed by atoms with Gasteiger partial charge in [0.2, 0.25) is 0 Å². The molecule has 1 aliphatic heterocycles. The summed E-state index contributed by atoms with van der Waals surface area (Å²) < 4.78 is 11.3. The van der Waals surface area contributed by atoms with E-state index in [-0.39, 0.29) is 0 Å². The third-order valence-corrected chi connectivity index (χ3v) is 2.75. The minimum atomic E-state index is 0.442. The minimum absolute atomic E-state index is 0.442. The van der Waals surface area contributed by atoms with E-state index < -0.39 is 0 Å². The van der Waals surface area contributed by atoms with Gasteiger partial charge in [-0.3, -0.25) is 0 Å². The molecule has 0 saturated heterocycles. The summed E-state index contributed by atoms with van der Waals surface area (Å²) in [5.74, 6) is 2.36. The van der Waals surface area contributed by atoms with Gasteiger partial charge < -0.3 is 9.47 Å². The molecule has 0 aliphatic carbocycles. The Bertz CT molecular complexity index is 567. The van der Waals surface area contributed by atoms with Gasteiger partial charge in [-0.1, -0.05) is 35.3 Å². The van der Waals surface area contributed by atoms with Crippen molar-refractivity contribution in [3.63, 3.8) is 0 Å². The molecule has 0 atom stereocenters. The largest absolute Gasteiger partial charge is 0.449 e. The highest BCUT2D eigenvalue weighted by Crippen LogP contribution is 2.49. The fraction of sp³-hybridized carbons (Fsp3) is 0. The van der Waals surface area contributed by atoms with Crippen LogP contribution in [0.15, 0.2) is 36.4 Å². The van der Waals surface area contributed by atoms with Gasteiger partial charge >= 0.3 is 0 Å². The maximum absolute atomic E-state index is 6.02. The van der Waals surface area contributed by atoms with Crippen LogP contribution in [0.4, 0.5) is 0 Å². The maximum atomic E-state index is 6.02. The Morgan fingerprint density at radius 1 is 0.812 bits per heavy atom. The van der Waals surface area contributed by atoms with E-state index in [0.717, 1.165) is 0 Å². The highest BCUT2D eigenvalue weighted by Gasteiger charge is 2.21. The van der Waals surface area contributed by atoms with Crippen LogP contribution in [0.2, 0.25) is 10.0 Å². The molecular weight excluding hydrogens is 247 g/mol. The van der Waals surface area contributed by atoms with Crippen LogP contribution in [-0.2, 0) is 0 Å². The highest BCUT2D eigenvalue weighted by atomic mass is 35.5. The third-order valence-electron chi connectivity index (χ3n) is 2.26. The Morgan fingerprint density at radius 3 is 2.25 bits per heavy atom. The minimum Gasteiger partial charge on any atom is -0.449 e. The number of rotatable bonds is 0. The first-order valence-electron chi connectivity index (χ1n) is 4.68. The number of halogens is 2. The van der Waals surface area contributed by atoms with Crippen molar-refractivity contribution in [2.24, 2.45) is 0 Å². The quantitative estimate of drug-likeness (QED) is 0.567. The first-order valence-corrected chi connectivity index (χ1v) is 5.43. The molecule has 16 heavy (non-hydrogen) atoms. The Balaban J connectivity index is 2.15. The topological polar surface area (TPSA) is 18.5 Å². The summed E-state index contributed by atoms with van der Waals surface area (Å²) in [5.41, 5.74) is 0. The molecule has 0 unspecified atom stereocenters. The molecule has 2 aromatic carbocycles. The van der Waals surface area contributed by atoms with Gasteiger partial charge in [-0.2, -0.15) is 0 Å². The average molecular weight is 253 g/mol. The predicted molar refractivity (Wildman–Crippen MR) is 63.1 cm³/mol. The van der Waals surface area contributed by atoms with Crippen molar-refractivity contribution in [3.05, 3.63) is 46.4 Å². The molecule has 0 aromatic heterocycles. The number of hydrogen-bond donors (Lipinski definition) is 0. The van der Waals surface area contributed by atoms with E-state index in [1.165, 1.54) is 0 Å². The molecule has 0 radical (unpaired) electrons. The van der Waals surface area contributed by atoms with Gasteiger partial charge in [-0.15, -0.1) is 0 Å². The summed E-state index contributed by atoms with van der Waals surface area (Å²) >= 11 is 11.9. The lowest BCUT2D eigenvalue weighted by Crippen LogP contribution is -1.99. The van der Waals surface area contributed by atoms with Gasteiger partial charge in [0.25, 0.3) is 0 Å². The van der Waals surface area contributed by atoms with Crippen LogP contribution in [-0.4, -0.2) is 0 Å². The lowest BCUT2D eigenvalue weighted by atomic mass is 10.2. The first-order chi connectivity index (χ1) is 7.74. The maximum Gasteiger partial charge on any atom is 0.188 e. The van der Waals surface area contributed by atoms with E-state index in [1.54, 1.807) is 12.1 Å². The smallest absolute Gasteiger partial charge is 0.188 e. The van der Waals surface area contributed by atoms with Gasteiger partial charge in [0, 0.05) is 11.1 Å². The van der Waals surface area contributed by atoms with Crippen LogP contribution in [0.1, 0.15) is 0 Å². The lowest BCUT2D eigenvalue weighted by Gasteiger charge is -2.21. The first kappa shape index (κ1) is 9.82. The van der Waals surface area contributed by atoms with Crippen molar-refractivity contribution in [2.45, 2.75) is 0 Å². The molecule has 0 spiro atoms. The van der Waals surface area contributed by atoms with Gasteiger partial charge in [-0.05, 0) is 18.2 Å². The van der Waals surface area contributed by atoms with E-state index in [9.17, 15) is 0 Å². The van der Waals surface area contributed by atoms with Crippen LogP contribution >= 0.6 is 23.2 Å². The number of ether oxygens (including phenoxy) is 2. The molecule has 2 aromatic rings. The van der Waals surface area contributed by atoms with E-state index in [2.05, 4.69) is 0 Å². The number of para-hydroxylation sites is 2. The molecule has 0 amide bonds. The summed E-state index contributed by atoms with van der Waals surface area (Å²) in [5, 5.41) is 0.962. The molecule has 2 nitrogen and oxygen atoms in total. The Morgan fingerprint density at radius 2 is 1.50 bits per heavy atom. The third kappa shape index (κ3) is 1.51. The normalized spacial score (nSPS) is 12.1. The molecule has 0 bridgehead atoms. The predicted octanol–water partition coefficient (Wildman–Crippen LogP) is 4.89. The van der Waals surface area contributed by atoms with Crippen LogP contribution in [0.3, 0.4) is 0 Å². The van der Waals surface area contributed by atoms with Gasteiger partial charge in [0.1, 0.15) is 0 Å². The Labute approximate surface area is 102 Å². The second-order valence-electron chi connectivity index (χ2n) is 3.37. The van der Waals surface area contributed by atoms with Gasteiger partial charge in [0.15, 0.2) is 23.0 Å². The van der Waals surface area contributed by atoms with Crippen LogP contribution < -0.4 is 9.47 Å². The van der Waals surface area contributed by atoms with E-state index >= 15 is 0 Å². The van der Waals surface area contributed by atoms with E-state index in [0.29, 0.717) is 33.0 Å². The van der Waals surface area contributed by atoms with Crippen LogP contribution in [0.25, 0.3) is 0 Å². The standard InChI is InChI=1S/C12H6Cl2O2/c13-7-5-8(14)12-11(6-7)15-9-3-1-2-4-10(9)16-12/h1-6H. The van der Waals surface area contributed by atoms with E-state index in [4.69, 9.17) is 32.7 Å².